The molecule has 0 atom stereocenters. The number of hydrogen-bond acceptors (Lipinski definition) is 2. The summed E-state index contributed by atoms with van der Waals surface area (Å²) >= 11 is 4.47. The fourth-order valence-corrected chi connectivity index (χ4v) is 0.912. The Morgan fingerprint density at radius 2 is 2.00 bits per heavy atom. The number of aliphatic hydroxyl groups excluding tert-OH is 1. The largest absolute Gasteiger partial charge is 0.486 e. The van der Waals surface area contributed by atoms with Crippen LogP contribution in [0.5, 0.6) is 0 Å². The predicted molar refractivity (Wildman–Crippen MR) is 51.4 cm³/mol. The zero-order valence-corrected chi connectivity index (χ0v) is 7.29. The highest BCUT2D eigenvalue weighted by molar-refractivity contribution is 7.79. The maximum atomic E-state index is 8.81. The Morgan fingerprint density at radius 3 is 2.50 bits per heavy atom. The third kappa shape index (κ3) is 2.48. The van der Waals surface area contributed by atoms with Crippen LogP contribution in [0.25, 0.3) is 0 Å². The molecule has 64 valence electrons. The van der Waals surface area contributed by atoms with Crippen LogP contribution in [0, 0.1) is 0 Å². The molecule has 0 aromatic heterocycles. The third-order valence-electron chi connectivity index (χ3n) is 1.44. The molecule has 0 aliphatic rings. The van der Waals surface area contributed by atoms with Crippen molar-refractivity contribution in [1.29, 1.82) is 0 Å². The fraction of sp³-hybridized carbons (Fsp3) is 0.125. The number of rotatable bonds is 2. The van der Waals surface area contributed by atoms with Crippen molar-refractivity contribution < 1.29 is 5.11 Å². The van der Waals surface area contributed by atoms with Crippen molar-refractivity contribution in [3.63, 3.8) is 0 Å². The minimum Gasteiger partial charge on any atom is -0.486 e. The number of hydrazine groups is 1. The highest BCUT2D eigenvalue weighted by Crippen LogP contribution is 2.00. The van der Waals surface area contributed by atoms with Crippen molar-refractivity contribution in [2.24, 2.45) is 5.84 Å². The van der Waals surface area contributed by atoms with Gasteiger partial charge in [-0.2, -0.15) is 0 Å². The molecule has 0 amide bonds. The van der Waals surface area contributed by atoms with E-state index in [1.54, 1.807) is 0 Å². The van der Waals surface area contributed by atoms with Crippen LogP contribution in [0.4, 0.5) is 0 Å². The summed E-state index contributed by atoms with van der Waals surface area (Å²) in [6, 6.07) is 9.56. The quantitative estimate of drug-likeness (QED) is 0.410. The van der Waals surface area contributed by atoms with Crippen LogP contribution in [0.3, 0.4) is 0 Å². The summed E-state index contributed by atoms with van der Waals surface area (Å²) < 4.78 is 0. The highest BCUT2D eigenvalue weighted by atomic mass is 32.1. The molecule has 1 aromatic rings. The molecule has 3 nitrogen and oxygen atoms in total. The summed E-state index contributed by atoms with van der Waals surface area (Å²) in [4.78, 5) is 0. The molecule has 0 heterocycles. The van der Waals surface area contributed by atoms with E-state index in [1.165, 1.54) is 0 Å². The second-order valence-corrected chi connectivity index (χ2v) is 2.76. The summed E-state index contributed by atoms with van der Waals surface area (Å²) in [5.74, 6) is 5.39. The average Bonchev–Trinajstić information content (AvgIpc) is 2.06. The Labute approximate surface area is 76.4 Å². The van der Waals surface area contributed by atoms with Crippen LogP contribution in [-0.4, -0.2) is 15.3 Å². The summed E-state index contributed by atoms with van der Waals surface area (Å²) in [7, 11) is 0. The van der Waals surface area contributed by atoms with Gasteiger partial charge in [0.1, 0.15) is 0 Å². The monoisotopic (exact) mass is 182 g/mol. The number of hydrogen-bond donors (Lipinski definition) is 2. The fourth-order valence-electron chi connectivity index (χ4n) is 0.848. The second kappa shape index (κ2) is 4.04. The summed E-state index contributed by atoms with van der Waals surface area (Å²) in [5, 5.41) is 9.64. The van der Waals surface area contributed by atoms with E-state index in [0.29, 0.717) is 6.54 Å². The number of aliphatic hydroxyl groups is 1. The standard InChI is InChI=1S/C8H10N2OS/c9-10(8(11)12)6-7-4-2-1-3-5-7/h1-5H,6,9H2,(H,11,12). The molecule has 1 aromatic carbocycles. The minimum atomic E-state index is -0.293. The van der Waals surface area contributed by atoms with Crippen molar-refractivity contribution in [3.8, 4) is 0 Å². The van der Waals surface area contributed by atoms with Crippen molar-refractivity contribution in [2.75, 3.05) is 0 Å². The van der Waals surface area contributed by atoms with Gasteiger partial charge >= 0.3 is 0 Å². The molecule has 1 rings (SSSR count). The van der Waals surface area contributed by atoms with Gasteiger partial charge in [0.25, 0.3) is 5.17 Å². The lowest BCUT2D eigenvalue weighted by Crippen LogP contribution is -2.35. The topological polar surface area (TPSA) is 49.5 Å². The van der Waals surface area contributed by atoms with Gasteiger partial charge in [0.15, 0.2) is 0 Å². The van der Waals surface area contributed by atoms with Gasteiger partial charge in [-0.05, 0) is 17.8 Å². The Bertz CT molecular complexity index is 263. The minimum absolute atomic E-state index is 0.293. The molecule has 0 spiro atoms. The van der Waals surface area contributed by atoms with E-state index in [1.807, 2.05) is 30.3 Å². The van der Waals surface area contributed by atoms with Crippen LogP contribution in [0.15, 0.2) is 30.3 Å². The lowest BCUT2D eigenvalue weighted by Gasteiger charge is -2.14. The van der Waals surface area contributed by atoms with Gasteiger partial charge in [-0.15, -0.1) is 0 Å². The number of thiocarbonyl (C=S) groups is 1. The first-order valence-corrected chi connectivity index (χ1v) is 3.90. The zero-order valence-electron chi connectivity index (χ0n) is 6.47. The van der Waals surface area contributed by atoms with E-state index in [-0.39, 0.29) is 5.17 Å². The molecule has 0 fully saturated rings. The van der Waals surface area contributed by atoms with E-state index in [9.17, 15) is 0 Å². The van der Waals surface area contributed by atoms with Crippen LogP contribution >= 0.6 is 12.2 Å². The first-order valence-electron chi connectivity index (χ1n) is 3.49. The van der Waals surface area contributed by atoms with Crippen LogP contribution in [0.2, 0.25) is 0 Å². The number of benzene rings is 1. The molecular formula is C8H10N2OS. The van der Waals surface area contributed by atoms with Gasteiger partial charge in [-0.25, -0.2) is 5.84 Å². The van der Waals surface area contributed by atoms with Gasteiger partial charge in [0, 0.05) is 0 Å². The molecule has 0 bridgehead atoms. The smallest absolute Gasteiger partial charge is 0.271 e. The first kappa shape index (κ1) is 8.96. The summed E-state index contributed by atoms with van der Waals surface area (Å²) in [6.45, 7) is 0.427. The molecule has 0 aliphatic carbocycles. The van der Waals surface area contributed by atoms with Crippen LogP contribution < -0.4 is 5.84 Å². The normalized spacial score (nSPS) is 9.42. The molecule has 0 saturated carbocycles. The Balaban J connectivity index is 2.58. The zero-order chi connectivity index (χ0) is 8.97. The van der Waals surface area contributed by atoms with Gasteiger partial charge in [-0.3, -0.25) is 5.01 Å². The van der Waals surface area contributed by atoms with Gasteiger partial charge in [0.2, 0.25) is 0 Å². The molecule has 12 heavy (non-hydrogen) atoms. The molecular weight excluding hydrogens is 172 g/mol. The van der Waals surface area contributed by atoms with Gasteiger partial charge in [-0.1, -0.05) is 30.3 Å². The van der Waals surface area contributed by atoms with E-state index >= 15 is 0 Å². The lowest BCUT2D eigenvalue weighted by molar-refractivity contribution is 0.349. The third-order valence-corrected chi connectivity index (χ3v) is 1.68. The maximum Gasteiger partial charge on any atom is 0.271 e. The number of nitrogens with two attached hydrogens (primary N) is 1. The van der Waals surface area contributed by atoms with Crippen LogP contribution in [0.1, 0.15) is 5.56 Å². The molecule has 0 radical (unpaired) electrons. The average molecular weight is 182 g/mol. The van der Waals surface area contributed by atoms with Crippen molar-refractivity contribution in [1.82, 2.24) is 5.01 Å². The van der Waals surface area contributed by atoms with E-state index < -0.39 is 0 Å². The van der Waals surface area contributed by atoms with E-state index in [4.69, 9.17) is 10.9 Å². The van der Waals surface area contributed by atoms with Crippen molar-refractivity contribution in [3.05, 3.63) is 35.9 Å². The molecule has 4 heteroatoms. The summed E-state index contributed by atoms with van der Waals surface area (Å²) in [5.41, 5.74) is 1.01. The maximum absolute atomic E-state index is 8.81. The Hall–Kier alpha value is -1.13. The van der Waals surface area contributed by atoms with Crippen molar-refractivity contribution in [2.45, 2.75) is 6.54 Å². The SMILES string of the molecule is NN(Cc1ccccc1)C(O)=S. The Morgan fingerprint density at radius 1 is 1.42 bits per heavy atom. The molecule has 0 aliphatic heterocycles. The summed E-state index contributed by atoms with van der Waals surface area (Å²) in [6.07, 6.45) is 0. The molecule has 0 unspecified atom stereocenters. The van der Waals surface area contributed by atoms with Crippen LogP contribution in [-0.2, 0) is 6.54 Å². The van der Waals surface area contributed by atoms with Gasteiger partial charge in [0.05, 0.1) is 6.54 Å². The van der Waals surface area contributed by atoms with E-state index in [0.717, 1.165) is 10.6 Å². The second-order valence-electron chi connectivity index (χ2n) is 2.40. The molecule has 3 N–H and O–H groups in total. The first-order chi connectivity index (χ1) is 5.70. The molecule has 0 saturated heterocycles. The predicted octanol–water partition coefficient (Wildman–Crippen LogP) is 1.21. The van der Waals surface area contributed by atoms with Gasteiger partial charge < -0.3 is 5.11 Å². The number of nitrogens with zero attached hydrogens (tertiary/aromatic N) is 1. The Kier molecular flexibility index (Phi) is 3.01. The van der Waals surface area contributed by atoms with Crippen molar-refractivity contribution >= 4 is 17.4 Å². The highest BCUT2D eigenvalue weighted by Gasteiger charge is 2.01. The lowest BCUT2D eigenvalue weighted by atomic mass is 10.2. The van der Waals surface area contributed by atoms with E-state index in [2.05, 4.69) is 12.2 Å².